The van der Waals surface area contributed by atoms with Gasteiger partial charge in [0.1, 0.15) is 24.6 Å². The first kappa shape index (κ1) is 28.0. The second-order valence-electron chi connectivity index (χ2n) is 6.65. The van der Waals surface area contributed by atoms with Gasteiger partial charge < -0.3 is 20.1 Å². The third-order valence-electron chi connectivity index (χ3n) is 4.03. The molecule has 178 valence electrons. The van der Waals surface area contributed by atoms with E-state index in [2.05, 4.69) is 6.92 Å². The van der Waals surface area contributed by atoms with Crippen molar-refractivity contribution in [1.29, 1.82) is 0 Å². The van der Waals surface area contributed by atoms with E-state index < -0.39 is 5.91 Å². The number of hydroxylamine groups is 1. The third kappa shape index (κ3) is 9.64. The van der Waals surface area contributed by atoms with Crippen molar-refractivity contribution in [2.75, 3.05) is 5.73 Å². The fourth-order valence-corrected chi connectivity index (χ4v) is 3.39. The van der Waals surface area contributed by atoms with E-state index in [0.29, 0.717) is 17.0 Å². The highest BCUT2D eigenvalue weighted by molar-refractivity contribution is 7.20. The van der Waals surface area contributed by atoms with Crippen LogP contribution in [0, 0.1) is 6.92 Å². The number of aldehydes is 1. The van der Waals surface area contributed by atoms with Crippen molar-refractivity contribution in [1.82, 2.24) is 5.48 Å². The summed E-state index contributed by atoms with van der Waals surface area (Å²) in [7, 11) is 0. The lowest BCUT2D eigenvalue weighted by atomic mass is 10.2. The minimum Gasteiger partial charge on any atom is -0.457 e. The van der Waals surface area contributed by atoms with Crippen molar-refractivity contribution in [3.8, 4) is 11.5 Å². The predicted molar refractivity (Wildman–Crippen MR) is 137 cm³/mol. The summed E-state index contributed by atoms with van der Waals surface area (Å²) in [6.45, 7) is 5.87. The number of hydrogen-bond donors (Lipinski definition) is 3. The van der Waals surface area contributed by atoms with Gasteiger partial charge in [-0.05, 0) is 60.8 Å². The number of ether oxygens (including phenoxy) is 1. The van der Waals surface area contributed by atoms with E-state index in [9.17, 15) is 9.59 Å². The van der Waals surface area contributed by atoms with E-state index in [1.165, 1.54) is 16.9 Å². The van der Waals surface area contributed by atoms with Crippen LogP contribution < -0.4 is 16.0 Å². The largest absolute Gasteiger partial charge is 0.457 e. The van der Waals surface area contributed by atoms with Crippen molar-refractivity contribution < 1.29 is 24.3 Å². The minimum absolute atomic E-state index is 0.466. The van der Waals surface area contributed by atoms with Gasteiger partial charge in [-0.1, -0.05) is 42.8 Å². The highest BCUT2D eigenvalue weighted by Crippen LogP contribution is 2.27. The molecule has 0 fully saturated rings. The lowest BCUT2D eigenvalue weighted by Gasteiger charge is -2.04. The Morgan fingerprint density at radius 3 is 2.18 bits per heavy atom. The van der Waals surface area contributed by atoms with E-state index in [4.69, 9.17) is 20.5 Å². The summed E-state index contributed by atoms with van der Waals surface area (Å²) >= 11 is 1.31. The number of rotatable bonds is 4. The van der Waals surface area contributed by atoms with Gasteiger partial charge in [-0.2, -0.15) is 0 Å². The van der Waals surface area contributed by atoms with Crippen LogP contribution in [0.5, 0.6) is 11.5 Å². The van der Waals surface area contributed by atoms with Gasteiger partial charge in [-0.15, -0.1) is 11.3 Å². The van der Waals surface area contributed by atoms with Crippen molar-refractivity contribution >= 4 is 46.1 Å². The quantitative estimate of drug-likeness (QED) is 0.147. The monoisotopic (exact) mass is 480 g/mol. The van der Waals surface area contributed by atoms with Crippen LogP contribution in [-0.2, 0) is 9.59 Å². The number of aryl methyl sites for hydroxylation is 1. The zero-order chi connectivity index (χ0) is 25.3. The number of carbonyl (C=O) groups excluding carboxylic acids is 3. The molecule has 0 aliphatic heterocycles. The Morgan fingerprint density at radius 1 is 1.03 bits per heavy atom. The van der Waals surface area contributed by atoms with Gasteiger partial charge in [0.2, 0.25) is 0 Å². The summed E-state index contributed by atoms with van der Waals surface area (Å²) in [4.78, 5) is 28.7. The number of nitrogens with two attached hydrogens (primary N) is 1. The summed E-state index contributed by atoms with van der Waals surface area (Å²) in [5, 5.41) is 9.36. The van der Waals surface area contributed by atoms with Crippen LogP contribution in [-0.4, -0.2) is 24.2 Å². The molecule has 0 aliphatic rings. The Hall–Kier alpha value is -4.01. The number of benzene rings is 3. The van der Waals surface area contributed by atoms with Crippen molar-refractivity contribution in [3.63, 3.8) is 0 Å². The number of nitrogen functional groups attached to an aromatic ring is 1. The lowest BCUT2D eigenvalue weighted by Crippen LogP contribution is -2.16. The van der Waals surface area contributed by atoms with E-state index in [1.807, 2.05) is 74.4 Å². The molecule has 4 rings (SSSR count). The van der Waals surface area contributed by atoms with Gasteiger partial charge in [0.25, 0.3) is 5.91 Å². The third-order valence-corrected chi connectivity index (χ3v) is 5.15. The Balaban J connectivity index is 0.000000277. The number of fused-ring (bicyclic) bond motifs is 1. The number of anilines is 1. The highest BCUT2D eigenvalue weighted by atomic mass is 32.1. The molecule has 0 saturated carbocycles. The molecule has 4 aromatic rings. The molecule has 0 radical (unpaired) electrons. The van der Waals surface area contributed by atoms with Crippen LogP contribution in [0.25, 0.3) is 10.1 Å². The Morgan fingerprint density at radius 2 is 1.62 bits per heavy atom. The fourth-order valence-electron chi connectivity index (χ4n) is 2.46. The molecule has 0 bridgehead atoms. The molecule has 8 heteroatoms. The van der Waals surface area contributed by atoms with Gasteiger partial charge in [0, 0.05) is 16.8 Å². The Bertz CT molecular complexity index is 1150. The zero-order valence-electron chi connectivity index (χ0n) is 19.1. The number of thiophene rings is 1. The van der Waals surface area contributed by atoms with Crippen LogP contribution in [0.2, 0.25) is 0 Å². The molecule has 1 heterocycles. The second kappa shape index (κ2) is 15.7. The summed E-state index contributed by atoms with van der Waals surface area (Å²) in [6, 6.07) is 24.9. The summed E-state index contributed by atoms with van der Waals surface area (Å²) < 4.78 is 6.60. The zero-order valence-corrected chi connectivity index (χ0v) is 19.9. The average Bonchev–Trinajstić information content (AvgIpc) is 3.31. The predicted octanol–water partition coefficient (Wildman–Crippen LogP) is 5.80. The maximum atomic E-state index is 11.1. The molecule has 1 amide bonds. The second-order valence-corrected chi connectivity index (χ2v) is 7.74. The van der Waals surface area contributed by atoms with Crippen LogP contribution in [0.15, 0.2) is 78.9 Å². The SMILES string of the molecule is C=O.CCC=O.Cc1ccc(Oc2ccccc2)cc1.Nc1ccc2sc(C(=O)NO)cc2c1. The highest BCUT2D eigenvalue weighted by Gasteiger charge is 2.08. The first-order valence-electron chi connectivity index (χ1n) is 10.2. The van der Waals surface area contributed by atoms with Gasteiger partial charge in [-0.25, -0.2) is 5.48 Å². The van der Waals surface area contributed by atoms with Gasteiger partial charge in [0.15, 0.2) is 0 Å². The van der Waals surface area contributed by atoms with E-state index >= 15 is 0 Å². The van der Waals surface area contributed by atoms with Crippen molar-refractivity contribution in [3.05, 3.63) is 89.3 Å². The molecule has 4 N–H and O–H groups in total. The van der Waals surface area contributed by atoms with Crippen LogP contribution in [0.1, 0.15) is 28.6 Å². The number of hydrogen-bond acceptors (Lipinski definition) is 7. The molecule has 0 aliphatic carbocycles. The van der Waals surface area contributed by atoms with Gasteiger partial charge in [-0.3, -0.25) is 10.0 Å². The van der Waals surface area contributed by atoms with Gasteiger partial charge in [0.05, 0.1) is 4.88 Å². The summed E-state index contributed by atoms with van der Waals surface area (Å²) in [6.07, 6.45) is 1.51. The first-order valence-corrected chi connectivity index (χ1v) is 11.0. The molecule has 34 heavy (non-hydrogen) atoms. The number of para-hydroxylation sites is 1. The van der Waals surface area contributed by atoms with Crippen LogP contribution >= 0.6 is 11.3 Å². The molecular formula is C26H28N2O5S. The molecule has 0 spiro atoms. The molecule has 0 saturated heterocycles. The van der Waals surface area contributed by atoms with E-state index in [-0.39, 0.29) is 0 Å². The summed E-state index contributed by atoms with van der Waals surface area (Å²) in [5.74, 6) is 1.25. The number of amides is 1. The summed E-state index contributed by atoms with van der Waals surface area (Å²) in [5.41, 5.74) is 9.09. The fraction of sp³-hybridized carbons (Fsp3) is 0.115. The van der Waals surface area contributed by atoms with Crippen molar-refractivity contribution in [2.24, 2.45) is 0 Å². The lowest BCUT2D eigenvalue weighted by molar-refractivity contribution is -0.107. The Labute approximate surface area is 202 Å². The maximum absolute atomic E-state index is 11.1. The topological polar surface area (TPSA) is 119 Å². The normalized spacial score (nSPS) is 9.15. The molecule has 1 aromatic heterocycles. The molecule has 0 unspecified atom stereocenters. The molecule has 7 nitrogen and oxygen atoms in total. The standard InChI is InChI=1S/C13H12O.C9H8N2O2S.C3H6O.CH2O/c1-11-7-9-13(10-8-11)14-12-5-3-2-4-6-12;10-6-1-2-7-5(3-6)4-8(14-7)9(12)11-13;1-2-3-4;1-2/h2-10H,1H3;1-4,13H,10H2,(H,11,12);3H,2H2,1H3;1H2. The van der Waals surface area contributed by atoms with Gasteiger partial charge >= 0.3 is 0 Å². The smallest absolute Gasteiger partial charge is 0.284 e. The number of carbonyl (C=O) groups is 3. The maximum Gasteiger partial charge on any atom is 0.284 e. The molecule has 0 atom stereocenters. The van der Waals surface area contributed by atoms with E-state index in [1.54, 1.807) is 23.7 Å². The molecule has 3 aromatic carbocycles. The molecular weight excluding hydrogens is 452 g/mol. The average molecular weight is 481 g/mol. The first-order chi connectivity index (χ1) is 16.5. The van der Waals surface area contributed by atoms with Crippen LogP contribution in [0.3, 0.4) is 0 Å². The Kier molecular flexibility index (Phi) is 13.0. The number of nitrogens with one attached hydrogen (secondary N) is 1. The van der Waals surface area contributed by atoms with Crippen LogP contribution in [0.4, 0.5) is 5.69 Å². The minimum atomic E-state index is -0.496. The van der Waals surface area contributed by atoms with E-state index in [0.717, 1.165) is 27.9 Å². The van der Waals surface area contributed by atoms with Crippen molar-refractivity contribution in [2.45, 2.75) is 20.3 Å².